The Morgan fingerprint density at radius 3 is 2.64 bits per heavy atom. The molecule has 2 fully saturated rings. The van der Waals surface area contributed by atoms with Crippen LogP contribution in [0.1, 0.15) is 46.0 Å². The summed E-state index contributed by atoms with van der Waals surface area (Å²) in [5, 5.41) is 3.43. The van der Waals surface area contributed by atoms with Gasteiger partial charge >= 0.3 is 0 Å². The highest BCUT2D eigenvalue weighted by atomic mass is 16.5. The highest BCUT2D eigenvalue weighted by Crippen LogP contribution is 2.30. The van der Waals surface area contributed by atoms with Crippen LogP contribution in [-0.4, -0.2) is 66.2 Å². The van der Waals surface area contributed by atoms with Crippen LogP contribution in [0.15, 0.2) is 47.3 Å². The fraction of sp³-hybridized carbons (Fsp3) is 0.516. The lowest BCUT2D eigenvalue weighted by molar-refractivity contribution is -0.122. The second-order valence-corrected chi connectivity index (χ2v) is 11.3. The first kappa shape index (κ1) is 27.2. The minimum absolute atomic E-state index is 0.0279. The van der Waals surface area contributed by atoms with Crippen molar-refractivity contribution in [3.05, 3.63) is 52.8 Å². The van der Waals surface area contributed by atoms with Crippen LogP contribution in [-0.2, 0) is 11.3 Å². The maximum atomic E-state index is 14.0. The molecule has 0 saturated carbocycles. The normalized spacial score (nSPS) is 18.5. The first-order chi connectivity index (χ1) is 18.9. The maximum Gasteiger partial charge on any atom is 0.262 e. The molecule has 0 radical (unpaired) electrons. The molecular formula is C31H41N5O3. The molecule has 3 heterocycles. The number of hydrogen-bond donors (Lipinski definition) is 1. The van der Waals surface area contributed by atoms with Gasteiger partial charge in [0.05, 0.1) is 23.6 Å². The van der Waals surface area contributed by atoms with Crippen LogP contribution in [0.4, 0.5) is 5.69 Å². The second kappa shape index (κ2) is 12.2. The molecule has 2 aromatic carbocycles. The standard InChI is InChI=1S/C31H41N5O3/c1-22(2)32-29(37)21-36-30(25-11-5-6-12-28(25)39-3)33-27-14-13-24(18-26(27)31(36)38)35-17-9-10-23(20-35)19-34-15-7-4-8-16-34/h5-6,11-14,18,22-23H,4,7-10,15-17,19-21H2,1-3H3,(H,32,37)/t23-/m1/s1. The van der Waals surface area contributed by atoms with E-state index in [-0.39, 0.29) is 24.1 Å². The number of fused-ring (bicyclic) bond motifs is 1. The molecule has 0 spiro atoms. The van der Waals surface area contributed by atoms with Crippen LogP contribution in [0, 0.1) is 5.92 Å². The minimum Gasteiger partial charge on any atom is -0.496 e. The summed E-state index contributed by atoms with van der Waals surface area (Å²) in [5.74, 6) is 1.44. The molecule has 0 unspecified atom stereocenters. The lowest BCUT2D eigenvalue weighted by Gasteiger charge is -2.38. The Balaban J connectivity index is 1.50. The number of methoxy groups -OCH3 is 1. The number of hydrogen-bond acceptors (Lipinski definition) is 6. The third-order valence-corrected chi connectivity index (χ3v) is 7.89. The summed E-state index contributed by atoms with van der Waals surface area (Å²) in [6, 6.07) is 13.4. The van der Waals surface area contributed by atoms with Gasteiger partial charge in [0.25, 0.3) is 5.56 Å². The number of aromatic nitrogens is 2. The predicted octanol–water partition coefficient (Wildman–Crippen LogP) is 4.30. The lowest BCUT2D eigenvalue weighted by atomic mass is 9.96. The summed E-state index contributed by atoms with van der Waals surface area (Å²) in [4.78, 5) is 36.8. The Morgan fingerprint density at radius 2 is 1.87 bits per heavy atom. The van der Waals surface area contributed by atoms with E-state index in [0.717, 1.165) is 31.7 Å². The average Bonchev–Trinajstić information content (AvgIpc) is 2.94. The zero-order valence-corrected chi connectivity index (χ0v) is 23.5. The molecule has 8 heteroatoms. The number of likely N-dealkylation sites (tertiary alicyclic amines) is 1. The molecule has 1 amide bonds. The van der Waals surface area contributed by atoms with Crippen molar-refractivity contribution in [2.24, 2.45) is 5.92 Å². The van der Waals surface area contributed by atoms with Crippen LogP contribution in [0.2, 0.25) is 0 Å². The van der Waals surface area contributed by atoms with Crippen LogP contribution in [0.3, 0.4) is 0 Å². The molecule has 2 aliphatic rings. The molecule has 208 valence electrons. The van der Waals surface area contributed by atoms with Crippen molar-refractivity contribution >= 4 is 22.5 Å². The van der Waals surface area contributed by atoms with Gasteiger partial charge in [-0.15, -0.1) is 0 Å². The second-order valence-electron chi connectivity index (χ2n) is 11.3. The van der Waals surface area contributed by atoms with Crippen molar-refractivity contribution in [2.75, 3.05) is 44.7 Å². The minimum atomic E-state index is -0.225. The van der Waals surface area contributed by atoms with E-state index in [4.69, 9.17) is 9.72 Å². The summed E-state index contributed by atoms with van der Waals surface area (Å²) < 4.78 is 7.06. The summed E-state index contributed by atoms with van der Waals surface area (Å²) in [5.41, 5.74) is 2.13. The Hall–Kier alpha value is -3.39. The zero-order valence-electron chi connectivity index (χ0n) is 23.5. The number of piperidine rings is 2. The Bertz CT molecular complexity index is 1360. The number of nitrogens with one attached hydrogen (secondary N) is 1. The van der Waals surface area contributed by atoms with E-state index in [1.54, 1.807) is 7.11 Å². The van der Waals surface area contributed by atoms with E-state index < -0.39 is 0 Å². The van der Waals surface area contributed by atoms with Gasteiger partial charge in [0.1, 0.15) is 18.1 Å². The third-order valence-electron chi connectivity index (χ3n) is 7.89. The molecule has 39 heavy (non-hydrogen) atoms. The van der Waals surface area contributed by atoms with Crippen LogP contribution < -0.4 is 20.5 Å². The number of anilines is 1. The van der Waals surface area contributed by atoms with Crippen molar-refractivity contribution < 1.29 is 9.53 Å². The highest BCUT2D eigenvalue weighted by molar-refractivity contribution is 5.85. The summed E-state index contributed by atoms with van der Waals surface area (Å²) in [7, 11) is 1.59. The smallest absolute Gasteiger partial charge is 0.262 e. The van der Waals surface area contributed by atoms with Gasteiger partial charge in [-0.05, 0) is 88.9 Å². The maximum absolute atomic E-state index is 14.0. The van der Waals surface area contributed by atoms with Gasteiger partial charge in [0, 0.05) is 31.4 Å². The fourth-order valence-electron chi connectivity index (χ4n) is 6.05. The van der Waals surface area contributed by atoms with Crippen LogP contribution in [0.25, 0.3) is 22.3 Å². The quantitative estimate of drug-likeness (QED) is 0.467. The van der Waals surface area contributed by atoms with E-state index in [9.17, 15) is 9.59 Å². The topological polar surface area (TPSA) is 79.7 Å². The van der Waals surface area contributed by atoms with E-state index >= 15 is 0 Å². The van der Waals surface area contributed by atoms with Crippen molar-refractivity contribution in [2.45, 2.75) is 58.5 Å². The van der Waals surface area contributed by atoms with Crippen molar-refractivity contribution in [3.63, 3.8) is 0 Å². The van der Waals surface area contributed by atoms with Gasteiger partial charge in [-0.1, -0.05) is 18.6 Å². The number of rotatable bonds is 8. The lowest BCUT2D eigenvalue weighted by Crippen LogP contribution is -2.42. The van der Waals surface area contributed by atoms with Crippen molar-refractivity contribution in [3.8, 4) is 17.1 Å². The first-order valence-corrected chi connectivity index (χ1v) is 14.4. The molecule has 8 nitrogen and oxygen atoms in total. The number of ether oxygens (including phenoxy) is 1. The molecule has 2 saturated heterocycles. The predicted molar refractivity (Wildman–Crippen MR) is 156 cm³/mol. The van der Waals surface area contributed by atoms with E-state index in [1.807, 2.05) is 50.2 Å². The number of nitrogens with zero attached hydrogens (tertiary/aromatic N) is 4. The Morgan fingerprint density at radius 1 is 1.08 bits per heavy atom. The van der Waals surface area contributed by atoms with Gasteiger partial charge in [0.15, 0.2) is 0 Å². The molecule has 1 aromatic heterocycles. The molecule has 1 N–H and O–H groups in total. The largest absolute Gasteiger partial charge is 0.496 e. The fourth-order valence-corrected chi connectivity index (χ4v) is 6.05. The van der Waals surface area contributed by atoms with E-state index in [1.165, 1.54) is 43.3 Å². The molecular weight excluding hydrogens is 490 g/mol. The van der Waals surface area contributed by atoms with Crippen molar-refractivity contribution in [1.82, 2.24) is 19.8 Å². The number of amides is 1. The Labute approximate surface area is 231 Å². The summed E-state index contributed by atoms with van der Waals surface area (Å²) >= 11 is 0. The summed E-state index contributed by atoms with van der Waals surface area (Å²) in [6.45, 7) is 9.28. The molecule has 3 aromatic rings. The van der Waals surface area contributed by atoms with Crippen LogP contribution in [0.5, 0.6) is 5.75 Å². The average molecular weight is 532 g/mol. The van der Waals surface area contributed by atoms with E-state index in [0.29, 0.717) is 34.0 Å². The molecule has 2 aliphatic heterocycles. The van der Waals surface area contributed by atoms with Crippen LogP contribution >= 0.6 is 0 Å². The number of carbonyl (C=O) groups is 1. The summed E-state index contributed by atoms with van der Waals surface area (Å²) in [6.07, 6.45) is 6.38. The number of carbonyl (C=O) groups excluding carboxylic acids is 1. The highest BCUT2D eigenvalue weighted by Gasteiger charge is 2.24. The molecule has 0 bridgehead atoms. The SMILES string of the molecule is COc1ccccc1-c1nc2ccc(N3CCC[C@H](CN4CCCCC4)C3)cc2c(=O)n1CC(=O)NC(C)C. The van der Waals surface area contributed by atoms with Gasteiger partial charge in [-0.25, -0.2) is 4.98 Å². The van der Waals surface area contributed by atoms with Gasteiger partial charge in [0.2, 0.25) is 5.91 Å². The third kappa shape index (κ3) is 6.27. The molecule has 5 rings (SSSR count). The first-order valence-electron chi connectivity index (χ1n) is 14.4. The number of para-hydroxylation sites is 1. The number of benzene rings is 2. The molecule has 0 aliphatic carbocycles. The zero-order chi connectivity index (χ0) is 27.4. The van der Waals surface area contributed by atoms with Crippen molar-refractivity contribution in [1.29, 1.82) is 0 Å². The monoisotopic (exact) mass is 531 g/mol. The molecule has 1 atom stereocenters. The van der Waals surface area contributed by atoms with Gasteiger partial charge in [-0.2, -0.15) is 0 Å². The Kier molecular flexibility index (Phi) is 8.50. The van der Waals surface area contributed by atoms with E-state index in [2.05, 4.69) is 21.2 Å². The van der Waals surface area contributed by atoms with Gasteiger partial charge in [-0.3, -0.25) is 14.2 Å². The van der Waals surface area contributed by atoms with Gasteiger partial charge < -0.3 is 19.9 Å².